The highest BCUT2D eigenvalue weighted by atomic mass is 32.2. The lowest BCUT2D eigenvalue weighted by Gasteiger charge is -2.09. The van der Waals surface area contributed by atoms with E-state index in [1.165, 1.54) is 0 Å². The molecule has 1 aromatic carbocycles. The first kappa shape index (κ1) is 14.0. The van der Waals surface area contributed by atoms with E-state index < -0.39 is 5.97 Å². The zero-order chi connectivity index (χ0) is 13.8. The van der Waals surface area contributed by atoms with Crippen molar-refractivity contribution in [3.05, 3.63) is 35.6 Å². The number of carbonyl (C=O) groups is 1. The Morgan fingerprint density at radius 1 is 1.47 bits per heavy atom. The Kier molecular flexibility index (Phi) is 4.50. The molecule has 0 fully saturated rings. The number of benzene rings is 1. The molecule has 1 aromatic heterocycles. The van der Waals surface area contributed by atoms with Gasteiger partial charge in [0.15, 0.2) is 0 Å². The number of hydrogen-bond acceptors (Lipinski definition) is 4. The van der Waals surface area contributed by atoms with E-state index in [4.69, 9.17) is 4.42 Å². The van der Waals surface area contributed by atoms with Gasteiger partial charge < -0.3 is 14.8 Å². The zero-order valence-corrected chi connectivity index (χ0v) is 11.8. The molecular formula is C14H17NO3S. The van der Waals surface area contributed by atoms with Crippen LogP contribution in [-0.4, -0.2) is 29.1 Å². The van der Waals surface area contributed by atoms with E-state index in [-0.39, 0.29) is 5.76 Å². The standard InChI is InChI=1S/C14H17NO3S/c1-9(19-2)7-15-8-11-10-5-3-4-6-12(10)18-13(11)14(16)17/h3-6,9,15H,7-8H2,1-2H3,(H,16,17). The number of furan rings is 1. The van der Waals surface area contributed by atoms with E-state index in [9.17, 15) is 9.90 Å². The third-order valence-electron chi connectivity index (χ3n) is 3.03. The summed E-state index contributed by atoms with van der Waals surface area (Å²) in [5, 5.41) is 13.8. The summed E-state index contributed by atoms with van der Waals surface area (Å²) < 4.78 is 5.40. The Hall–Kier alpha value is -1.46. The molecule has 0 amide bonds. The molecule has 1 atom stereocenters. The number of carboxylic acid groups (broad SMARTS) is 1. The summed E-state index contributed by atoms with van der Waals surface area (Å²) in [6, 6.07) is 7.40. The number of hydrogen-bond donors (Lipinski definition) is 2. The highest BCUT2D eigenvalue weighted by Gasteiger charge is 2.19. The first-order chi connectivity index (χ1) is 9.13. The van der Waals surface area contributed by atoms with Crippen molar-refractivity contribution in [1.82, 2.24) is 5.32 Å². The van der Waals surface area contributed by atoms with Crippen molar-refractivity contribution in [3.63, 3.8) is 0 Å². The molecule has 102 valence electrons. The molecule has 0 aliphatic rings. The Balaban J connectivity index is 2.24. The van der Waals surface area contributed by atoms with Gasteiger partial charge in [-0.3, -0.25) is 0 Å². The molecule has 0 radical (unpaired) electrons. The molecule has 19 heavy (non-hydrogen) atoms. The van der Waals surface area contributed by atoms with Crippen molar-refractivity contribution in [3.8, 4) is 0 Å². The molecule has 0 saturated heterocycles. The molecule has 0 aliphatic carbocycles. The third kappa shape index (κ3) is 3.11. The molecule has 2 aromatic rings. The SMILES string of the molecule is CSC(C)CNCc1c(C(=O)O)oc2ccccc12. The molecule has 4 nitrogen and oxygen atoms in total. The van der Waals surface area contributed by atoms with Crippen LogP contribution in [0.4, 0.5) is 0 Å². The van der Waals surface area contributed by atoms with E-state index in [1.807, 2.05) is 18.2 Å². The zero-order valence-electron chi connectivity index (χ0n) is 11.0. The van der Waals surface area contributed by atoms with Crippen LogP contribution in [0.15, 0.2) is 28.7 Å². The number of nitrogens with one attached hydrogen (secondary N) is 1. The molecule has 0 spiro atoms. The van der Waals surface area contributed by atoms with E-state index in [0.717, 1.165) is 17.5 Å². The Morgan fingerprint density at radius 3 is 2.89 bits per heavy atom. The van der Waals surface area contributed by atoms with Crippen molar-refractivity contribution in [1.29, 1.82) is 0 Å². The smallest absolute Gasteiger partial charge is 0.372 e. The molecule has 1 unspecified atom stereocenters. The summed E-state index contributed by atoms with van der Waals surface area (Å²) in [6.45, 7) is 3.46. The second-order valence-corrected chi connectivity index (χ2v) is 5.66. The highest BCUT2D eigenvalue weighted by Crippen LogP contribution is 2.25. The minimum Gasteiger partial charge on any atom is -0.475 e. The predicted octanol–water partition coefficient (Wildman–Crippen LogP) is 2.97. The van der Waals surface area contributed by atoms with Crippen LogP contribution in [0.5, 0.6) is 0 Å². The second kappa shape index (κ2) is 6.12. The van der Waals surface area contributed by atoms with Gasteiger partial charge in [-0.05, 0) is 12.3 Å². The molecule has 0 saturated carbocycles. The van der Waals surface area contributed by atoms with Crippen molar-refractivity contribution < 1.29 is 14.3 Å². The first-order valence-corrected chi connectivity index (χ1v) is 7.39. The topological polar surface area (TPSA) is 62.5 Å². The average Bonchev–Trinajstić information content (AvgIpc) is 2.78. The maximum Gasteiger partial charge on any atom is 0.372 e. The Morgan fingerprint density at radius 2 is 2.21 bits per heavy atom. The van der Waals surface area contributed by atoms with Crippen LogP contribution < -0.4 is 5.32 Å². The van der Waals surface area contributed by atoms with Gasteiger partial charge in [-0.1, -0.05) is 25.1 Å². The first-order valence-electron chi connectivity index (χ1n) is 6.10. The van der Waals surface area contributed by atoms with Gasteiger partial charge in [0.1, 0.15) is 5.58 Å². The summed E-state index contributed by atoms with van der Waals surface area (Å²) in [5.41, 5.74) is 1.34. The van der Waals surface area contributed by atoms with Crippen LogP contribution in [0.3, 0.4) is 0 Å². The van der Waals surface area contributed by atoms with Gasteiger partial charge in [0, 0.05) is 29.3 Å². The van der Waals surface area contributed by atoms with Crippen LogP contribution >= 0.6 is 11.8 Å². The summed E-state index contributed by atoms with van der Waals surface area (Å²) >= 11 is 1.77. The molecular weight excluding hydrogens is 262 g/mol. The average molecular weight is 279 g/mol. The van der Waals surface area contributed by atoms with Crippen molar-refractivity contribution in [2.45, 2.75) is 18.7 Å². The van der Waals surface area contributed by atoms with Crippen LogP contribution in [0, 0.1) is 0 Å². The fourth-order valence-electron chi connectivity index (χ4n) is 1.93. The van der Waals surface area contributed by atoms with Crippen LogP contribution in [0.25, 0.3) is 11.0 Å². The lowest BCUT2D eigenvalue weighted by molar-refractivity contribution is 0.0663. The number of aromatic carboxylic acids is 1. The van der Waals surface area contributed by atoms with Gasteiger partial charge in [0.2, 0.25) is 5.76 Å². The highest BCUT2D eigenvalue weighted by molar-refractivity contribution is 7.99. The number of carboxylic acids is 1. The molecule has 1 heterocycles. The van der Waals surface area contributed by atoms with Gasteiger partial charge in [0.25, 0.3) is 0 Å². The molecule has 2 rings (SSSR count). The summed E-state index contributed by atoms with van der Waals surface area (Å²) in [5.74, 6) is -0.989. The second-order valence-electron chi connectivity index (χ2n) is 4.39. The summed E-state index contributed by atoms with van der Waals surface area (Å²) in [6.07, 6.45) is 2.06. The van der Waals surface area contributed by atoms with Crippen LogP contribution in [0.2, 0.25) is 0 Å². The van der Waals surface area contributed by atoms with E-state index in [0.29, 0.717) is 17.4 Å². The van der Waals surface area contributed by atoms with Gasteiger partial charge in [-0.2, -0.15) is 11.8 Å². The largest absolute Gasteiger partial charge is 0.475 e. The predicted molar refractivity (Wildman–Crippen MR) is 77.9 cm³/mol. The van der Waals surface area contributed by atoms with Crippen molar-refractivity contribution in [2.75, 3.05) is 12.8 Å². The van der Waals surface area contributed by atoms with Gasteiger partial charge in [0.05, 0.1) is 0 Å². The van der Waals surface area contributed by atoms with Crippen molar-refractivity contribution in [2.24, 2.45) is 0 Å². The normalized spacial score (nSPS) is 12.7. The number of fused-ring (bicyclic) bond motifs is 1. The Bertz CT molecular complexity index is 579. The monoisotopic (exact) mass is 279 g/mol. The maximum absolute atomic E-state index is 11.2. The van der Waals surface area contributed by atoms with Gasteiger partial charge >= 0.3 is 5.97 Å². The quantitative estimate of drug-likeness (QED) is 0.851. The van der Waals surface area contributed by atoms with Gasteiger partial charge in [-0.25, -0.2) is 4.79 Å². The number of thioether (sulfide) groups is 1. The third-order valence-corrected chi connectivity index (χ3v) is 4.00. The summed E-state index contributed by atoms with van der Waals surface area (Å²) in [7, 11) is 0. The lowest BCUT2D eigenvalue weighted by atomic mass is 10.1. The van der Waals surface area contributed by atoms with E-state index >= 15 is 0 Å². The summed E-state index contributed by atoms with van der Waals surface area (Å²) in [4.78, 5) is 11.2. The Labute approximate surface area is 116 Å². The fraction of sp³-hybridized carbons (Fsp3) is 0.357. The van der Waals surface area contributed by atoms with Crippen LogP contribution in [-0.2, 0) is 6.54 Å². The van der Waals surface area contributed by atoms with Crippen molar-refractivity contribution >= 4 is 28.7 Å². The van der Waals surface area contributed by atoms with Gasteiger partial charge in [-0.15, -0.1) is 0 Å². The molecule has 5 heteroatoms. The lowest BCUT2D eigenvalue weighted by Crippen LogP contribution is -2.22. The fourth-order valence-corrected chi connectivity index (χ4v) is 2.22. The molecule has 0 bridgehead atoms. The maximum atomic E-state index is 11.2. The minimum atomic E-state index is -1.02. The minimum absolute atomic E-state index is 0.0329. The van der Waals surface area contributed by atoms with E-state index in [1.54, 1.807) is 17.8 Å². The molecule has 2 N–H and O–H groups in total. The number of para-hydroxylation sites is 1. The van der Waals surface area contributed by atoms with E-state index in [2.05, 4.69) is 18.5 Å². The van der Waals surface area contributed by atoms with Crippen LogP contribution in [0.1, 0.15) is 23.0 Å². The molecule has 0 aliphatic heterocycles. The number of rotatable bonds is 6.